The Kier molecular flexibility index (Phi) is 3.71. The summed E-state index contributed by atoms with van der Waals surface area (Å²) in [6.07, 6.45) is 0.779. The lowest BCUT2D eigenvalue weighted by molar-refractivity contribution is 0.427. The Balaban J connectivity index is 2.45. The van der Waals surface area contributed by atoms with Crippen molar-refractivity contribution in [1.29, 1.82) is 0 Å². The predicted octanol–water partition coefficient (Wildman–Crippen LogP) is 3.63. The Morgan fingerprint density at radius 1 is 1.32 bits per heavy atom. The van der Waals surface area contributed by atoms with Gasteiger partial charge >= 0.3 is 0 Å². The lowest BCUT2D eigenvalue weighted by atomic mass is 10.1. The molecule has 1 heterocycles. The van der Waals surface area contributed by atoms with E-state index in [2.05, 4.69) is 5.10 Å². The molecular weight excluding hydrogens is 262 g/mol. The highest BCUT2D eigenvalue weighted by molar-refractivity contribution is 6.30. The van der Waals surface area contributed by atoms with E-state index in [0.29, 0.717) is 16.6 Å². The van der Waals surface area contributed by atoms with Crippen molar-refractivity contribution in [2.24, 2.45) is 7.05 Å². The lowest BCUT2D eigenvalue weighted by Gasteiger charge is -2.12. The second-order valence-corrected chi connectivity index (χ2v) is 5.05. The third-order valence-corrected chi connectivity index (χ3v) is 3.28. The maximum atomic E-state index is 6.06. The van der Waals surface area contributed by atoms with Crippen LogP contribution in [0.25, 0.3) is 0 Å². The molecule has 19 heavy (non-hydrogen) atoms. The molecule has 0 saturated heterocycles. The fourth-order valence-corrected chi connectivity index (χ4v) is 2.44. The minimum Gasteiger partial charge on any atom is -0.437 e. The molecule has 102 valence electrons. The standard InChI is InChI=1S/C14H18ClN3O/c1-5-11-12(16)14(18(4)17-11)19-13-8(2)6-10(15)7-9(13)3/h6-7H,5,16H2,1-4H3. The van der Waals surface area contributed by atoms with Gasteiger partial charge in [-0.25, -0.2) is 4.68 Å². The fraction of sp³-hybridized carbons (Fsp3) is 0.357. The zero-order valence-electron chi connectivity index (χ0n) is 11.6. The smallest absolute Gasteiger partial charge is 0.241 e. The van der Waals surface area contributed by atoms with E-state index in [1.807, 2.05) is 40.0 Å². The fourth-order valence-electron chi connectivity index (χ4n) is 2.12. The minimum absolute atomic E-state index is 0.574. The molecule has 0 aliphatic rings. The Morgan fingerprint density at radius 2 is 1.89 bits per heavy atom. The molecule has 5 heteroatoms. The van der Waals surface area contributed by atoms with Crippen molar-refractivity contribution in [3.05, 3.63) is 34.0 Å². The second-order valence-electron chi connectivity index (χ2n) is 4.61. The van der Waals surface area contributed by atoms with Crippen LogP contribution in [0.2, 0.25) is 5.02 Å². The summed E-state index contributed by atoms with van der Waals surface area (Å²) in [5, 5.41) is 5.05. The molecule has 2 N–H and O–H groups in total. The van der Waals surface area contributed by atoms with Crippen molar-refractivity contribution < 1.29 is 4.74 Å². The van der Waals surface area contributed by atoms with Crippen molar-refractivity contribution in [3.63, 3.8) is 0 Å². The number of aromatic nitrogens is 2. The molecular formula is C14H18ClN3O. The predicted molar refractivity (Wildman–Crippen MR) is 78.0 cm³/mol. The van der Waals surface area contributed by atoms with Gasteiger partial charge in [0, 0.05) is 12.1 Å². The van der Waals surface area contributed by atoms with E-state index >= 15 is 0 Å². The van der Waals surface area contributed by atoms with Crippen molar-refractivity contribution in [2.45, 2.75) is 27.2 Å². The molecule has 0 spiro atoms. The maximum absolute atomic E-state index is 6.06. The average molecular weight is 280 g/mol. The highest BCUT2D eigenvalue weighted by atomic mass is 35.5. The molecule has 0 bridgehead atoms. The number of anilines is 1. The molecule has 0 aliphatic carbocycles. The molecule has 0 saturated carbocycles. The zero-order valence-corrected chi connectivity index (χ0v) is 12.4. The van der Waals surface area contributed by atoms with Crippen LogP contribution < -0.4 is 10.5 Å². The first-order valence-electron chi connectivity index (χ1n) is 6.20. The van der Waals surface area contributed by atoms with Crippen LogP contribution in [0.3, 0.4) is 0 Å². The Hall–Kier alpha value is -1.68. The van der Waals surface area contributed by atoms with Crippen molar-refractivity contribution in [2.75, 3.05) is 5.73 Å². The van der Waals surface area contributed by atoms with Crippen LogP contribution in [0, 0.1) is 13.8 Å². The summed E-state index contributed by atoms with van der Waals surface area (Å²) < 4.78 is 7.62. The van der Waals surface area contributed by atoms with E-state index in [-0.39, 0.29) is 0 Å². The van der Waals surface area contributed by atoms with Gasteiger partial charge in [-0.15, -0.1) is 0 Å². The van der Waals surface area contributed by atoms with Gasteiger partial charge in [-0.1, -0.05) is 18.5 Å². The first-order chi connectivity index (χ1) is 8.93. The van der Waals surface area contributed by atoms with Gasteiger partial charge in [0.15, 0.2) is 0 Å². The maximum Gasteiger partial charge on any atom is 0.241 e. The third-order valence-electron chi connectivity index (χ3n) is 3.06. The monoisotopic (exact) mass is 279 g/mol. The summed E-state index contributed by atoms with van der Waals surface area (Å²) in [7, 11) is 1.82. The summed E-state index contributed by atoms with van der Waals surface area (Å²) in [6.45, 7) is 5.93. The van der Waals surface area contributed by atoms with Crippen LogP contribution in [0.5, 0.6) is 11.6 Å². The van der Waals surface area contributed by atoms with Gasteiger partial charge in [-0.2, -0.15) is 5.10 Å². The van der Waals surface area contributed by atoms with Gasteiger partial charge in [0.2, 0.25) is 5.88 Å². The van der Waals surface area contributed by atoms with E-state index in [1.165, 1.54) is 0 Å². The van der Waals surface area contributed by atoms with E-state index < -0.39 is 0 Å². The number of nitrogens with two attached hydrogens (primary N) is 1. The van der Waals surface area contributed by atoms with Gasteiger partial charge in [-0.05, 0) is 43.5 Å². The molecule has 4 nitrogen and oxygen atoms in total. The second kappa shape index (κ2) is 5.13. The summed E-state index contributed by atoms with van der Waals surface area (Å²) >= 11 is 6.02. The summed E-state index contributed by atoms with van der Waals surface area (Å²) in [5.74, 6) is 1.35. The highest BCUT2D eigenvalue weighted by Gasteiger charge is 2.16. The number of halogens is 1. The number of hydrogen-bond donors (Lipinski definition) is 1. The van der Waals surface area contributed by atoms with E-state index in [9.17, 15) is 0 Å². The average Bonchev–Trinajstić information content (AvgIpc) is 2.59. The molecule has 1 aromatic heterocycles. The van der Waals surface area contributed by atoms with Gasteiger partial charge in [0.25, 0.3) is 0 Å². The Labute approximate surface area is 118 Å². The molecule has 0 unspecified atom stereocenters. The van der Waals surface area contributed by atoms with Crippen molar-refractivity contribution >= 4 is 17.3 Å². The van der Waals surface area contributed by atoms with Crippen molar-refractivity contribution in [3.8, 4) is 11.6 Å². The van der Waals surface area contributed by atoms with Gasteiger partial charge < -0.3 is 10.5 Å². The van der Waals surface area contributed by atoms with Crippen LogP contribution in [0.1, 0.15) is 23.7 Å². The summed E-state index contributed by atoms with van der Waals surface area (Å²) in [6, 6.07) is 3.74. The number of benzene rings is 1. The summed E-state index contributed by atoms with van der Waals surface area (Å²) in [4.78, 5) is 0. The molecule has 0 aliphatic heterocycles. The van der Waals surface area contributed by atoms with Gasteiger partial charge in [0.05, 0.1) is 5.69 Å². The number of hydrogen-bond acceptors (Lipinski definition) is 3. The summed E-state index contributed by atoms with van der Waals surface area (Å²) in [5.41, 5.74) is 9.45. The zero-order chi connectivity index (χ0) is 14.2. The van der Waals surface area contributed by atoms with Crippen LogP contribution in [0.15, 0.2) is 12.1 Å². The first-order valence-corrected chi connectivity index (χ1v) is 6.57. The first kappa shape index (κ1) is 13.7. The number of rotatable bonds is 3. The Morgan fingerprint density at radius 3 is 2.37 bits per heavy atom. The molecule has 0 atom stereocenters. The number of ether oxygens (including phenoxy) is 1. The van der Waals surface area contributed by atoms with E-state index in [0.717, 1.165) is 29.0 Å². The van der Waals surface area contributed by atoms with Gasteiger partial charge in [0.1, 0.15) is 11.4 Å². The van der Waals surface area contributed by atoms with Crippen LogP contribution in [-0.4, -0.2) is 9.78 Å². The molecule has 0 amide bonds. The minimum atomic E-state index is 0.574. The van der Waals surface area contributed by atoms with Crippen LogP contribution >= 0.6 is 11.6 Å². The van der Waals surface area contributed by atoms with Crippen LogP contribution in [-0.2, 0) is 13.5 Å². The number of aryl methyl sites for hydroxylation is 4. The van der Waals surface area contributed by atoms with E-state index in [4.69, 9.17) is 22.1 Å². The number of nitrogen functional groups attached to an aromatic ring is 1. The number of nitrogens with zero attached hydrogens (tertiary/aromatic N) is 2. The third kappa shape index (κ3) is 2.54. The highest BCUT2D eigenvalue weighted by Crippen LogP contribution is 2.34. The largest absolute Gasteiger partial charge is 0.437 e. The normalized spacial score (nSPS) is 10.8. The lowest BCUT2D eigenvalue weighted by Crippen LogP contribution is -1.99. The Bertz CT molecular complexity index is 596. The molecule has 0 fully saturated rings. The topological polar surface area (TPSA) is 53.1 Å². The van der Waals surface area contributed by atoms with Gasteiger partial charge in [-0.3, -0.25) is 0 Å². The quantitative estimate of drug-likeness (QED) is 0.933. The van der Waals surface area contributed by atoms with Crippen LogP contribution in [0.4, 0.5) is 5.69 Å². The SMILES string of the molecule is CCc1nn(C)c(Oc2c(C)cc(Cl)cc2C)c1N. The molecule has 2 rings (SSSR count). The molecule has 2 aromatic rings. The molecule has 1 aromatic carbocycles. The van der Waals surface area contributed by atoms with Crippen molar-refractivity contribution in [1.82, 2.24) is 9.78 Å². The van der Waals surface area contributed by atoms with E-state index in [1.54, 1.807) is 4.68 Å². The molecule has 0 radical (unpaired) electrons.